The summed E-state index contributed by atoms with van der Waals surface area (Å²) in [5, 5.41) is 0.449. The van der Waals surface area contributed by atoms with Gasteiger partial charge in [-0.05, 0) is 22.0 Å². The number of primary amides is 1. The van der Waals surface area contributed by atoms with Gasteiger partial charge in [-0.15, -0.1) is 0 Å². The number of carbonyl (C=O) groups excluding carboxylic acids is 1. The van der Waals surface area contributed by atoms with Gasteiger partial charge in [0, 0.05) is 6.07 Å². The minimum atomic E-state index is -4.84. The van der Waals surface area contributed by atoms with Gasteiger partial charge in [-0.3, -0.25) is 0 Å². The van der Waals surface area contributed by atoms with E-state index in [9.17, 15) is 18.0 Å². The summed E-state index contributed by atoms with van der Waals surface area (Å²) in [6, 6.07) is 4.36. The SMILES string of the molecule is O=C([NH2+]c1cccc(Br)n1)C(F)(F)F. The van der Waals surface area contributed by atoms with Crippen LogP contribution in [0.3, 0.4) is 0 Å². The van der Waals surface area contributed by atoms with Crippen molar-refractivity contribution in [3.63, 3.8) is 0 Å². The first kappa shape index (κ1) is 11.1. The molecule has 0 unspecified atom stereocenters. The molecule has 0 atom stereocenters. The Hall–Kier alpha value is -0.950. The van der Waals surface area contributed by atoms with Crippen molar-refractivity contribution < 1.29 is 23.3 Å². The highest BCUT2D eigenvalue weighted by molar-refractivity contribution is 9.10. The normalized spacial score (nSPS) is 11.4. The van der Waals surface area contributed by atoms with Crippen LogP contribution in [0.15, 0.2) is 22.8 Å². The second kappa shape index (κ2) is 4.05. The molecule has 0 aliphatic heterocycles. The van der Waals surface area contributed by atoms with Crippen LogP contribution in [-0.4, -0.2) is 17.1 Å². The van der Waals surface area contributed by atoms with Gasteiger partial charge in [-0.25, -0.2) is 10.1 Å². The second-order valence-electron chi connectivity index (χ2n) is 2.39. The zero-order valence-electron chi connectivity index (χ0n) is 6.68. The van der Waals surface area contributed by atoms with Gasteiger partial charge >= 0.3 is 12.1 Å². The lowest BCUT2D eigenvalue weighted by Crippen LogP contribution is -2.86. The number of nitrogens with zero attached hydrogens (tertiary/aromatic N) is 1. The number of carbonyl (C=O) groups is 1. The minimum Gasteiger partial charge on any atom is -0.226 e. The fourth-order valence-electron chi connectivity index (χ4n) is 0.721. The Morgan fingerprint density at radius 2 is 2.07 bits per heavy atom. The summed E-state index contributed by atoms with van der Waals surface area (Å²) < 4.78 is 35.8. The van der Waals surface area contributed by atoms with Gasteiger partial charge in [0.1, 0.15) is 4.60 Å². The third-order valence-corrected chi connectivity index (χ3v) is 1.74. The molecule has 0 aromatic carbocycles. The zero-order chi connectivity index (χ0) is 10.8. The number of amides is 1. The number of pyridine rings is 1. The zero-order valence-corrected chi connectivity index (χ0v) is 8.26. The molecule has 3 nitrogen and oxygen atoms in total. The topological polar surface area (TPSA) is 46.6 Å². The molecule has 1 aromatic rings. The Kier molecular flexibility index (Phi) is 3.22. The Balaban J connectivity index is 2.75. The smallest absolute Gasteiger partial charge is 0.226 e. The summed E-state index contributed by atoms with van der Waals surface area (Å²) in [4.78, 5) is 14.2. The van der Waals surface area contributed by atoms with Gasteiger partial charge in [0.25, 0.3) is 0 Å². The predicted octanol–water partition coefficient (Wildman–Crippen LogP) is 1.13. The highest BCUT2D eigenvalue weighted by atomic mass is 79.9. The number of aromatic nitrogens is 1. The van der Waals surface area contributed by atoms with E-state index in [2.05, 4.69) is 20.9 Å². The van der Waals surface area contributed by atoms with Crippen LogP contribution in [0.25, 0.3) is 0 Å². The number of hydrogen-bond acceptors (Lipinski definition) is 2. The molecule has 1 amide bonds. The molecular formula is C7H5BrF3N2O+. The lowest BCUT2D eigenvalue weighted by atomic mass is 10.4. The van der Waals surface area contributed by atoms with Crippen LogP contribution in [0.1, 0.15) is 0 Å². The molecule has 1 aromatic heterocycles. The molecule has 0 spiro atoms. The second-order valence-corrected chi connectivity index (χ2v) is 3.20. The van der Waals surface area contributed by atoms with Crippen LogP contribution in [0, 0.1) is 0 Å². The van der Waals surface area contributed by atoms with Crippen LogP contribution >= 0.6 is 15.9 Å². The lowest BCUT2D eigenvalue weighted by molar-refractivity contribution is -0.505. The first-order valence-electron chi connectivity index (χ1n) is 3.48. The molecule has 2 N–H and O–H groups in total. The molecule has 0 saturated carbocycles. The van der Waals surface area contributed by atoms with E-state index in [1.165, 1.54) is 12.1 Å². The van der Waals surface area contributed by atoms with E-state index in [0.29, 0.717) is 9.92 Å². The quantitative estimate of drug-likeness (QED) is 0.777. The van der Waals surface area contributed by atoms with Crippen molar-refractivity contribution in [1.29, 1.82) is 0 Å². The number of halogens is 4. The highest BCUT2D eigenvalue weighted by Gasteiger charge is 2.43. The number of rotatable bonds is 1. The van der Waals surface area contributed by atoms with Crippen molar-refractivity contribution in [2.24, 2.45) is 0 Å². The van der Waals surface area contributed by atoms with Gasteiger partial charge in [0.15, 0.2) is 0 Å². The maximum absolute atomic E-state index is 11.8. The molecule has 0 aliphatic carbocycles. The van der Waals surface area contributed by atoms with Crippen LogP contribution in [0.5, 0.6) is 0 Å². The fourth-order valence-corrected chi connectivity index (χ4v) is 1.08. The van der Waals surface area contributed by atoms with Gasteiger partial charge in [-0.1, -0.05) is 6.07 Å². The minimum absolute atomic E-state index is 0.0262. The molecule has 0 saturated heterocycles. The first-order valence-corrected chi connectivity index (χ1v) is 4.27. The predicted molar refractivity (Wildman–Crippen MR) is 44.6 cm³/mol. The summed E-state index contributed by atoms with van der Waals surface area (Å²) in [5.74, 6) is -1.94. The average molecular weight is 270 g/mol. The van der Waals surface area contributed by atoms with E-state index in [4.69, 9.17) is 0 Å². The fraction of sp³-hybridized carbons (Fsp3) is 0.143. The summed E-state index contributed by atoms with van der Waals surface area (Å²) in [6.45, 7) is 0. The number of quaternary nitrogens is 1. The first-order chi connectivity index (χ1) is 6.39. The van der Waals surface area contributed by atoms with Crippen molar-refractivity contribution in [2.75, 3.05) is 0 Å². The van der Waals surface area contributed by atoms with Gasteiger partial charge in [0.2, 0.25) is 5.82 Å². The number of hydrogen-bond donors (Lipinski definition) is 1. The maximum atomic E-state index is 11.8. The van der Waals surface area contributed by atoms with Crippen molar-refractivity contribution >= 4 is 27.7 Å². The van der Waals surface area contributed by atoms with Crippen LogP contribution in [0.4, 0.5) is 19.0 Å². The van der Waals surface area contributed by atoms with Gasteiger partial charge in [-0.2, -0.15) is 18.2 Å². The van der Waals surface area contributed by atoms with Crippen LogP contribution in [-0.2, 0) is 4.79 Å². The Morgan fingerprint density at radius 3 is 2.57 bits per heavy atom. The standard InChI is InChI=1S/C7H4BrF3N2O/c8-4-2-1-3-5(12-4)13-6(14)7(9,10)11/h1-3H,(H,12,13,14)/p+1. The Morgan fingerprint density at radius 1 is 1.43 bits per heavy atom. The third-order valence-electron chi connectivity index (χ3n) is 1.30. The van der Waals surface area contributed by atoms with Gasteiger partial charge in [0.05, 0.1) is 0 Å². The van der Waals surface area contributed by atoms with Crippen LogP contribution in [0.2, 0.25) is 0 Å². The highest BCUT2D eigenvalue weighted by Crippen LogP contribution is 2.13. The largest absolute Gasteiger partial charge is 0.509 e. The molecule has 7 heteroatoms. The van der Waals surface area contributed by atoms with Crippen molar-refractivity contribution in [3.05, 3.63) is 22.8 Å². The maximum Gasteiger partial charge on any atom is 0.509 e. The molecule has 0 aliphatic rings. The lowest BCUT2D eigenvalue weighted by Gasteiger charge is -2.01. The molecule has 1 rings (SSSR count). The van der Waals surface area contributed by atoms with E-state index in [1.807, 2.05) is 0 Å². The molecule has 0 bridgehead atoms. The summed E-state index contributed by atoms with van der Waals surface area (Å²) >= 11 is 2.98. The molecular weight excluding hydrogens is 265 g/mol. The van der Waals surface area contributed by atoms with Crippen molar-refractivity contribution in [3.8, 4) is 0 Å². The van der Waals surface area contributed by atoms with E-state index >= 15 is 0 Å². The molecule has 0 fully saturated rings. The summed E-state index contributed by atoms with van der Waals surface area (Å²) in [6.07, 6.45) is -4.84. The van der Waals surface area contributed by atoms with E-state index in [0.717, 1.165) is 0 Å². The number of alkyl halides is 3. The molecule has 0 radical (unpaired) electrons. The Bertz CT molecular complexity index is 353. The van der Waals surface area contributed by atoms with Gasteiger partial charge < -0.3 is 0 Å². The molecule has 76 valence electrons. The summed E-state index contributed by atoms with van der Waals surface area (Å²) in [7, 11) is 0. The monoisotopic (exact) mass is 269 g/mol. The third kappa shape index (κ3) is 3.08. The van der Waals surface area contributed by atoms with E-state index in [-0.39, 0.29) is 5.82 Å². The van der Waals surface area contributed by atoms with Crippen molar-refractivity contribution in [2.45, 2.75) is 6.18 Å². The molecule has 14 heavy (non-hydrogen) atoms. The van der Waals surface area contributed by atoms with E-state index in [1.54, 1.807) is 6.07 Å². The summed E-state index contributed by atoms with van der Waals surface area (Å²) in [5.41, 5.74) is 0. The average Bonchev–Trinajstić information content (AvgIpc) is 2.02. The van der Waals surface area contributed by atoms with E-state index < -0.39 is 12.1 Å². The Labute approximate surface area is 85.5 Å². The number of nitrogens with two attached hydrogens (primary N) is 1. The molecule has 1 heterocycles. The van der Waals surface area contributed by atoms with Crippen LogP contribution < -0.4 is 5.32 Å². The van der Waals surface area contributed by atoms with Crippen molar-refractivity contribution in [1.82, 2.24) is 4.98 Å².